The van der Waals surface area contributed by atoms with Crippen molar-refractivity contribution in [1.29, 1.82) is 0 Å². The first kappa shape index (κ1) is 19.8. The lowest BCUT2D eigenvalue weighted by Crippen LogP contribution is -2.36. The topological polar surface area (TPSA) is 21.7 Å². The Morgan fingerprint density at radius 2 is 1.57 bits per heavy atom. The number of hydrogen-bond acceptors (Lipinski definition) is 3. The summed E-state index contributed by atoms with van der Waals surface area (Å²) in [6.45, 7) is 11.4. The van der Waals surface area contributed by atoms with Crippen molar-refractivity contribution in [3.8, 4) is 11.5 Å². The van der Waals surface area contributed by atoms with E-state index in [0.29, 0.717) is 0 Å². The van der Waals surface area contributed by atoms with Gasteiger partial charge < -0.3 is 9.47 Å². The Morgan fingerprint density at radius 3 is 2.26 bits per heavy atom. The van der Waals surface area contributed by atoms with E-state index in [1.165, 1.54) is 32.1 Å². The molecule has 0 heterocycles. The Kier molecular flexibility index (Phi) is 10.5. The highest BCUT2D eigenvalue weighted by Gasteiger charge is 2.11. The van der Waals surface area contributed by atoms with Crippen LogP contribution in [0.1, 0.15) is 66.2 Å². The van der Waals surface area contributed by atoms with Crippen LogP contribution in [0.5, 0.6) is 11.5 Å². The van der Waals surface area contributed by atoms with Crippen molar-refractivity contribution in [3.63, 3.8) is 0 Å². The lowest BCUT2D eigenvalue weighted by Gasteiger charge is -2.26. The van der Waals surface area contributed by atoms with Crippen molar-refractivity contribution in [2.75, 3.05) is 19.7 Å². The van der Waals surface area contributed by atoms with Crippen LogP contribution in [0.15, 0.2) is 24.3 Å². The summed E-state index contributed by atoms with van der Waals surface area (Å²) < 4.78 is 11.9. The summed E-state index contributed by atoms with van der Waals surface area (Å²) >= 11 is 0. The zero-order valence-corrected chi connectivity index (χ0v) is 15.5. The summed E-state index contributed by atoms with van der Waals surface area (Å²) in [5, 5.41) is 0. The van der Waals surface area contributed by atoms with Gasteiger partial charge in [0.05, 0.1) is 6.61 Å². The van der Waals surface area contributed by atoms with Crippen LogP contribution in [0, 0.1) is 0 Å². The predicted molar refractivity (Wildman–Crippen MR) is 98.3 cm³/mol. The van der Waals surface area contributed by atoms with Gasteiger partial charge >= 0.3 is 0 Å². The van der Waals surface area contributed by atoms with Crippen LogP contribution in [0.25, 0.3) is 0 Å². The molecule has 0 aliphatic carbocycles. The first-order valence-corrected chi connectivity index (χ1v) is 9.34. The minimum atomic E-state index is 0.0822. The van der Waals surface area contributed by atoms with Gasteiger partial charge in [-0.15, -0.1) is 0 Å². The lowest BCUT2D eigenvalue weighted by molar-refractivity contribution is 0.0479. The van der Waals surface area contributed by atoms with Gasteiger partial charge in [-0.25, -0.2) is 0 Å². The first-order valence-electron chi connectivity index (χ1n) is 9.34. The molecule has 1 aromatic rings. The Hall–Kier alpha value is -1.22. The van der Waals surface area contributed by atoms with E-state index in [2.05, 4.69) is 32.6 Å². The SMILES string of the molecule is CCCCCCCCOc1cccc(OC(C)N(CC)CC)c1. The van der Waals surface area contributed by atoms with Gasteiger partial charge in [0.2, 0.25) is 0 Å². The molecule has 23 heavy (non-hydrogen) atoms. The van der Waals surface area contributed by atoms with Crippen LogP contribution in [-0.4, -0.2) is 30.8 Å². The van der Waals surface area contributed by atoms with E-state index in [4.69, 9.17) is 9.47 Å². The first-order chi connectivity index (χ1) is 11.2. The third-order valence-corrected chi connectivity index (χ3v) is 4.21. The van der Waals surface area contributed by atoms with Gasteiger partial charge in [0.15, 0.2) is 0 Å². The molecule has 0 spiro atoms. The standard InChI is InChI=1S/C20H35NO2/c1-5-8-9-10-11-12-16-22-19-14-13-15-20(17-19)23-18(4)21(6-2)7-3/h13-15,17-18H,5-12,16H2,1-4H3. The Bertz CT molecular complexity index is 404. The highest BCUT2D eigenvalue weighted by Crippen LogP contribution is 2.21. The second-order valence-corrected chi connectivity index (χ2v) is 6.03. The molecule has 0 amide bonds. The van der Waals surface area contributed by atoms with E-state index in [0.717, 1.165) is 37.6 Å². The van der Waals surface area contributed by atoms with E-state index < -0.39 is 0 Å². The normalized spacial score (nSPS) is 12.4. The van der Waals surface area contributed by atoms with Crippen LogP contribution in [0.4, 0.5) is 0 Å². The summed E-state index contributed by atoms with van der Waals surface area (Å²) in [7, 11) is 0. The summed E-state index contributed by atoms with van der Waals surface area (Å²) in [5.74, 6) is 1.78. The maximum Gasteiger partial charge on any atom is 0.149 e. The summed E-state index contributed by atoms with van der Waals surface area (Å²) in [5.41, 5.74) is 0. The van der Waals surface area contributed by atoms with Crippen molar-refractivity contribution < 1.29 is 9.47 Å². The van der Waals surface area contributed by atoms with Crippen molar-refractivity contribution >= 4 is 0 Å². The fraction of sp³-hybridized carbons (Fsp3) is 0.700. The van der Waals surface area contributed by atoms with Gasteiger partial charge in [-0.2, -0.15) is 0 Å². The zero-order valence-electron chi connectivity index (χ0n) is 15.5. The Balaban J connectivity index is 2.33. The van der Waals surface area contributed by atoms with Gasteiger partial charge in [0.1, 0.15) is 17.7 Å². The second kappa shape index (κ2) is 12.2. The molecule has 0 aliphatic rings. The molecular formula is C20H35NO2. The molecule has 1 aromatic carbocycles. The van der Waals surface area contributed by atoms with Crippen LogP contribution < -0.4 is 9.47 Å². The van der Waals surface area contributed by atoms with Gasteiger partial charge in [-0.3, -0.25) is 4.90 Å². The average molecular weight is 322 g/mol. The molecule has 0 radical (unpaired) electrons. The highest BCUT2D eigenvalue weighted by atomic mass is 16.5. The minimum absolute atomic E-state index is 0.0822. The molecule has 1 atom stereocenters. The van der Waals surface area contributed by atoms with E-state index >= 15 is 0 Å². The van der Waals surface area contributed by atoms with Gasteiger partial charge in [0, 0.05) is 6.07 Å². The van der Waals surface area contributed by atoms with Crippen molar-refractivity contribution in [3.05, 3.63) is 24.3 Å². The van der Waals surface area contributed by atoms with E-state index in [1.54, 1.807) is 0 Å². The van der Waals surface area contributed by atoms with Crippen LogP contribution in [0.3, 0.4) is 0 Å². The van der Waals surface area contributed by atoms with Gasteiger partial charge in [-0.1, -0.05) is 58.9 Å². The summed E-state index contributed by atoms with van der Waals surface area (Å²) in [4.78, 5) is 2.28. The smallest absolute Gasteiger partial charge is 0.149 e. The molecule has 0 aromatic heterocycles. The Morgan fingerprint density at radius 1 is 0.913 bits per heavy atom. The molecular weight excluding hydrogens is 286 g/mol. The fourth-order valence-electron chi connectivity index (χ4n) is 2.72. The third-order valence-electron chi connectivity index (χ3n) is 4.21. The molecule has 0 N–H and O–H groups in total. The molecule has 0 bridgehead atoms. The quantitative estimate of drug-likeness (QED) is 0.354. The largest absolute Gasteiger partial charge is 0.493 e. The fourth-order valence-corrected chi connectivity index (χ4v) is 2.72. The van der Waals surface area contributed by atoms with E-state index in [9.17, 15) is 0 Å². The Labute approximate surface area is 143 Å². The molecule has 0 saturated heterocycles. The number of ether oxygens (including phenoxy) is 2. The van der Waals surface area contributed by atoms with Crippen LogP contribution in [-0.2, 0) is 0 Å². The maximum absolute atomic E-state index is 6.02. The molecule has 1 rings (SSSR count). The van der Waals surface area contributed by atoms with Crippen LogP contribution in [0.2, 0.25) is 0 Å². The number of unbranched alkanes of at least 4 members (excludes halogenated alkanes) is 5. The maximum atomic E-state index is 6.02. The lowest BCUT2D eigenvalue weighted by atomic mass is 10.1. The highest BCUT2D eigenvalue weighted by molar-refractivity contribution is 5.33. The minimum Gasteiger partial charge on any atom is -0.493 e. The molecule has 0 saturated carbocycles. The number of rotatable bonds is 13. The molecule has 0 aliphatic heterocycles. The van der Waals surface area contributed by atoms with E-state index in [-0.39, 0.29) is 6.23 Å². The number of nitrogens with zero attached hydrogens (tertiary/aromatic N) is 1. The van der Waals surface area contributed by atoms with E-state index in [1.807, 2.05) is 24.3 Å². The average Bonchev–Trinajstić information content (AvgIpc) is 2.55. The summed E-state index contributed by atoms with van der Waals surface area (Å²) in [6, 6.07) is 8.00. The number of hydrogen-bond donors (Lipinski definition) is 0. The molecule has 1 unspecified atom stereocenters. The zero-order chi connectivity index (χ0) is 16.9. The molecule has 3 nitrogen and oxygen atoms in total. The van der Waals surface area contributed by atoms with Crippen LogP contribution >= 0.6 is 0 Å². The van der Waals surface area contributed by atoms with Crippen molar-refractivity contribution in [2.45, 2.75) is 72.4 Å². The molecule has 3 heteroatoms. The van der Waals surface area contributed by atoms with Gasteiger partial charge in [-0.05, 0) is 38.6 Å². The van der Waals surface area contributed by atoms with Crippen molar-refractivity contribution in [1.82, 2.24) is 4.90 Å². The van der Waals surface area contributed by atoms with Crippen molar-refractivity contribution in [2.24, 2.45) is 0 Å². The molecule has 132 valence electrons. The third kappa shape index (κ3) is 8.26. The molecule has 0 fully saturated rings. The monoisotopic (exact) mass is 321 g/mol. The second-order valence-electron chi connectivity index (χ2n) is 6.03. The number of benzene rings is 1. The van der Waals surface area contributed by atoms with Gasteiger partial charge in [0.25, 0.3) is 0 Å². The summed E-state index contributed by atoms with van der Waals surface area (Å²) in [6.07, 6.45) is 7.80. The predicted octanol–water partition coefficient (Wildman–Crippen LogP) is 5.49.